The van der Waals surface area contributed by atoms with Gasteiger partial charge in [-0.1, -0.05) is 25.4 Å². The highest BCUT2D eigenvalue weighted by Crippen LogP contribution is 2.11. The summed E-state index contributed by atoms with van der Waals surface area (Å²) in [5, 5.41) is 9.70. The molecular weight excluding hydrogens is 352 g/mol. The molecule has 1 aromatic rings. The topological polar surface area (TPSA) is 73.5 Å². The number of hydrogen-bond acceptors (Lipinski definition) is 4. The van der Waals surface area contributed by atoms with Gasteiger partial charge in [-0.3, -0.25) is 14.5 Å². The molecule has 2 amide bonds. The van der Waals surface area contributed by atoms with Gasteiger partial charge in [-0.2, -0.15) is 0 Å². The van der Waals surface area contributed by atoms with E-state index in [9.17, 15) is 9.59 Å². The summed E-state index contributed by atoms with van der Waals surface area (Å²) in [6, 6.07) is 6.11. The average Bonchev–Trinajstić information content (AvgIpc) is 2.62. The maximum atomic E-state index is 12.6. The van der Waals surface area contributed by atoms with Crippen LogP contribution < -0.4 is 16.0 Å². The molecule has 0 radical (unpaired) electrons. The molecule has 7 heteroatoms. The van der Waals surface area contributed by atoms with Crippen molar-refractivity contribution in [2.45, 2.75) is 26.3 Å². The maximum Gasteiger partial charge on any atom is 0.251 e. The third kappa shape index (κ3) is 6.94. The molecule has 0 aromatic heterocycles. The molecule has 1 heterocycles. The van der Waals surface area contributed by atoms with E-state index < -0.39 is 6.04 Å². The number of nitrogens with one attached hydrogen (secondary N) is 3. The van der Waals surface area contributed by atoms with Crippen LogP contribution in [0.5, 0.6) is 0 Å². The molecule has 144 valence electrons. The fraction of sp³-hybridized carbons (Fsp3) is 0.579. The summed E-state index contributed by atoms with van der Waals surface area (Å²) in [5.74, 6) is -0.0924. The molecule has 1 aromatic carbocycles. The Balaban J connectivity index is 1.87. The molecule has 0 bridgehead atoms. The van der Waals surface area contributed by atoms with Gasteiger partial charge in [0.05, 0.1) is 0 Å². The number of carbonyl (C=O) groups excluding carboxylic acids is 2. The molecule has 0 saturated carbocycles. The Hall–Kier alpha value is -1.63. The van der Waals surface area contributed by atoms with Crippen LogP contribution in [0.2, 0.25) is 5.02 Å². The highest BCUT2D eigenvalue weighted by Gasteiger charge is 2.22. The molecule has 26 heavy (non-hydrogen) atoms. The Morgan fingerprint density at radius 1 is 1.19 bits per heavy atom. The Labute approximate surface area is 160 Å². The van der Waals surface area contributed by atoms with Crippen molar-refractivity contribution in [1.82, 2.24) is 20.9 Å². The second-order valence-corrected chi connectivity index (χ2v) is 7.48. The van der Waals surface area contributed by atoms with Crippen LogP contribution in [-0.4, -0.2) is 62.0 Å². The number of amides is 2. The number of hydrogen-bond donors (Lipinski definition) is 3. The molecule has 0 spiro atoms. The number of rotatable bonds is 8. The van der Waals surface area contributed by atoms with E-state index in [-0.39, 0.29) is 11.8 Å². The number of carbonyl (C=O) groups is 2. The van der Waals surface area contributed by atoms with E-state index in [1.54, 1.807) is 24.3 Å². The second-order valence-electron chi connectivity index (χ2n) is 7.05. The van der Waals surface area contributed by atoms with Crippen molar-refractivity contribution < 1.29 is 9.59 Å². The van der Waals surface area contributed by atoms with Crippen molar-refractivity contribution in [3.05, 3.63) is 34.9 Å². The van der Waals surface area contributed by atoms with Crippen molar-refractivity contribution in [3.8, 4) is 0 Å². The molecule has 2 rings (SSSR count). The minimum atomic E-state index is -0.541. The fourth-order valence-corrected chi connectivity index (χ4v) is 3.07. The van der Waals surface area contributed by atoms with Gasteiger partial charge < -0.3 is 16.0 Å². The quantitative estimate of drug-likeness (QED) is 0.639. The van der Waals surface area contributed by atoms with Crippen LogP contribution in [0.4, 0.5) is 0 Å². The van der Waals surface area contributed by atoms with Gasteiger partial charge in [-0.05, 0) is 36.6 Å². The highest BCUT2D eigenvalue weighted by atomic mass is 35.5. The van der Waals surface area contributed by atoms with Gasteiger partial charge in [0.1, 0.15) is 6.04 Å². The smallest absolute Gasteiger partial charge is 0.251 e. The van der Waals surface area contributed by atoms with Gasteiger partial charge in [-0.15, -0.1) is 0 Å². The van der Waals surface area contributed by atoms with Crippen molar-refractivity contribution >= 4 is 23.4 Å². The molecule has 1 unspecified atom stereocenters. The van der Waals surface area contributed by atoms with Gasteiger partial charge in [0, 0.05) is 49.9 Å². The summed E-state index contributed by atoms with van der Waals surface area (Å²) < 4.78 is 0. The van der Waals surface area contributed by atoms with E-state index >= 15 is 0 Å². The van der Waals surface area contributed by atoms with Gasteiger partial charge in [0.25, 0.3) is 5.91 Å². The van der Waals surface area contributed by atoms with Crippen LogP contribution in [-0.2, 0) is 4.79 Å². The summed E-state index contributed by atoms with van der Waals surface area (Å²) in [4.78, 5) is 27.3. The molecule has 1 saturated heterocycles. The normalized spacial score (nSPS) is 16.3. The third-order valence-corrected chi connectivity index (χ3v) is 4.62. The fourth-order valence-electron chi connectivity index (χ4n) is 2.94. The molecule has 0 aliphatic carbocycles. The van der Waals surface area contributed by atoms with Gasteiger partial charge in [-0.25, -0.2) is 0 Å². The predicted octanol–water partition coefficient (Wildman–Crippen LogP) is 1.51. The monoisotopic (exact) mass is 380 g/mol. The minimum absolute atomic E-state index is 0.129. The number of nitrogens with zero attached hydrogens (tertiary/aromatic N) is 1. The summed E-state index contributed by atoms with van der Waals surface area (Å²) >= 11 is 5.86. The zero-order valence-corrected chi connectivity index (χ0v) is 16.3. The predicted molar refractivity (Wildman–Crippen MR) is 104 cm³/mol. The SMILES string of the molecule is CC(C)CC(NC(=O)c1ccc(Cl)cc1)C(=O)NCCN1CCNCC1. The lowest BCUT2D eigenvalue weighted by atomic mass is 10.0. The van der Waals surface area contributed by atoms with E-state index in [1.165, 1.54) is 0 Å². The highest BCUT2D eigenvalue weighted by molar-refractivity contribution is 6.30. The molecular formula is C19H29ClN4O2. The first-order valence-corrected chi connectivity index (χ1v) is 9.60. The molecule has 1 atom stereocenters. The van der Waals surface area contributed by atoms with Crippen molar-refractivity contribution in [2.24, 2.45) is 5.92 Å². The first-order chi connectivity index (χ1) is 12.5. The number of halogens is 1. The zero-order valence-electron chi connectivity index (χ0n) is 15.6. The Bertz CT molecular complexity index is 586. The summed E-state index contributed by atoms with van der Waals surface area (Å²) in [6.45, 7) is 9.46. The maximum absolute atomic E-state index is 12.6. The Kier molecular flexibility index (Phi) is 8.35. The minimum Gasteiger partial charge on any atom is -0.353 e. The van der Waals surface area contributed by atoms with Crippen LogP contribution in [0.15, 0.2) is 24.3 Å². The van der Waals surface area contributed by atoms with E-state index in [2.05, 4.69) is 20.9 Å². The number of benzene rings is 1. The molecule has 1 aliphatic rings. The first kappa shape index (κ1) is 20.7. The van der Waals surface area contributed by atoms with Crippen LogP contribution in [0.1, 0.15) is 30.6 Å². The van der Waals surface area contributed by atoms with Crippen LogP contribution in [0, 0.1) is 5.92 Å². The first-order valence-electron chi connectivity index (χ1n) is 9.23. The van der Waals surface area contributed by atoms with Crippen LogP contribution in [0.25, 0.3) is 0 Å². The summed E-state index contributed by atoms with van der Waals surface area (Å²) in [5.41, 5.74) is 0.497. The summed E-state index contributed by atoms with van der Waals surface area (Å²) in [7, 11) is 0. The van der Waals surface area contributed by atoms with E-state index in [1.807, 2.05) is 13.8 Å². The van der Waals surface area contributed by atoms with E-state index in [4.69, 9.17) is 11.6 Å². The molecule has 1 fully saturated rings. The molecule has 3 N–H and O–H groups in total. The largest absolute Gasteiger partial charge is 0.353 e. The summed E-state index contributed by atoms with van der Waals surface area (Å²) in [6.07, 6.45) is 0.596. The van der Waals surface area contributed by atoms with Crippen LogP contribution >= 0.6 is 11.6 Å². The van der Waals surface area contributed by atoms with E-state index in [0.29, 0.717) is 29.5 Å². The van der Waals surface area contributed by atoms with Gasteiger partial charge in [0.15, 0.2) is 0 Å². The van der Waals surface area contributed by atoms with Gasteiger partial charge in [0.2, 0.25) is 5.91 Å². The zero-order chi connectivity index (χ0) is 18.9. The van der Waals surface area contributed by atoms with Crippen LogP contribution in [0.3, 0.4) is 0 Å². The Morgan fingerprint density at radius 3 is 2.46 bits per heavy atom. The second kappa shape index (κ2) is 10.5. The Morgan fingerprint density at radius 2 is 1.85 bits per heavy atom. The number of piperazine rings is 1. The lowest BCUT2D eigenvalue weighted by Crippen LogP contribution is -2.50. The van der Waals surface area contributed by atoms with Crippen molar-refractivity contribution in [1.29, 1.82) is 0 Å². The molecule has 6 nitrogen and oxygen atoms in total. The van der Waals surface area contributed by atoms with E-state index in [0.717, 1.165) is 32.7 Å². The van der Waals surface area contributed by atoms with Crippen molar-refractivity contribution in [3.63, 3.8) is 0 Å². The third-order valence-electron chi connectivity index (χ3n) is 4.37. The lowest BCUT2D eigenvalue weighted by Gasteiger charge is -2.27. The lowest BCUT2D eigenvalue weighted by molar-refractivity contribution is -0.123. The van der Waals surface area contributed by atoms with Gasteiger partial charge >= 0.3 is 0 Å². The average molecular weight is 381 g/mol. The standard InChI is InChI=1S/C19H29ClN4O2/c1-14(2)13-17(23-18(25)15-3-5-16(20)6-4-15)19(26)22-9-12-24-10-7-21-8-11-24/h3-6,14,17,21H,7-13H2,1-2H3,(H,22,26)(H,23,25). The van der Waals surface area contributed by atoms with Crippen molar-refractivity contribution in [2.75, 3.05) is 39.3 Å². The molecule has 1 aliphatic heterocycles.